The molecule has 17 heavy (non-hydrogen) atoms. The smallest absolute Gasteiger partial charge is 0.166 e. The van der Waals surface area contributed by atoms with Crippen LogP contribution in [0, 0.1) is 0 Å². The van der Waals surface area contributed by atoms with E-state index in [1.54, 1.807) is 7.11 Å². The highest BCUT2D eigenvalue weighted by atomic mass is 79.9. The summed E-state index contributed by atoms with van der Waals surface area (Å²) in [5.74, 6) is 1.46. The summed E-state index contributed by atoms with van der Waals surface area (Å²) in [6.07, 6.45) is 0. The van der Waals surface area contributed by atoms with Crippen molar-refractivity contribution in [1.29, 1.82) is 0 Å². The molecule has 0 radical (unpaired) electrons. The zero-order valence-electron chi connectivity index (χ0n) is 10.1. The predicted octanol–water partition coefficient (Wildman–Crippen LogP) is 1.94. The third kappa shape index (κ3) is 3.87. The van der Waals surface area contributed by atoms with E-state index in [4.69, 9.17) is 14.6 Å². The highest BCUT2D eigenvalue weighted by Gasteiger charge is 2.13. The number of nitrogens with one attached hydrogen (secondary N) is 1. The molecule has 0 saturated heterocycles. The molecule has 0 bridgehead atoms. The Balaban J connectivity index is 2.96. The minimum absolute atomic E-state index is 0.117. The van der Waals surface area contributed by atoms with Crippen LogP contribution in [0.3, 0.4) is 0 Å². The number of benzene rings is 1. The molecule has 0 saturated carbocycles. The number of aliphatic hydroxyl groups is 1. The average Bonchev–Trinajstić information content (AvgIpc) is 2.33. The molecule has 1 aromatic carbocycles. The molecule has 2 N–H and O–H groups in total. The molecule has 0 heterocycles. The van der Waals surface area contributed by atoms with E-state index in [0.29, 0.717) is 19.7 Å². The van der Waals surface area contributed by atoms with E-state index >= 15 is 0 Å². The number of halogens is 1. The lowest BCUT2D eigenvalue weighted by Crippen LogP contribution is -2.18. The lowest BCUT2D eigenvalue weighted by Gasteiger charge is -2.16. The summed E-state index contributed by atoms with van der Waals surface area (Å²) in [6, 6.07) is 3.79. The van der Waals surface area contributed by atoms with Crippen LogP contribution in [0.5, 0.6) is 11.5 Å². The third-order valence-corrected chi connectivity index (χ3v) is 3.01. The minimum atomic E-state index is 0.117. The quantitative estimate of drug-likeness (QED) is 0.756. The molecule has 1 aromatic rings. The highest BCUT2D eigenvalue weighted by Crippen LogP contribution is 2.36. The molecule has 0 aliphatic carbocycles. The molecule has 0 aliphatic rings. The Kier molecular flexibility index (Phi) is 6.32. The average molecular weight is 304 g/mol. The number of rotatable bonds is 7. The van der Waals surface area contributed by atoms with Gasteiger partial charge in [0, 0.05) is 23.1 Å². The Morgan fingerprint density at radius 1 is 1.41 bits per heavy atom. The van der Waals surface area contributed by atoms with Gasteiger partial charge in [-0.05, 0) is 19.1 Å². The molecule has 4 nitrogen and oxygen atoms in total. The number of aliphatic hydroxyl groups excluding tert-OH is 1. The van der Waals surface area contributed by atoms with Crippen LogP contribution < -0.4 is 14.8 Å². The van der Waals surface area contributed by atoms with E-state index in [0.717, 1.165) is 21.5 Å². The van der Waals surface area contributed by atoms with Crippen LogP contribution in [0.1, 0.15) is 12.5 Å². The fourth-order valence-electron chi connectivity index (χ4n) is 1.50. The molecule has 0 atom stereocenters. The number of hydrogen-bond acceptors (Lipinski definition) is 4. The molecule has 0 aromatic heterocycles. The Morgan fingerprint density at radius 2 is 2.18 bits per heavy atom. The summed E-state index contributed by atoms with van der Waals surface area (Å²) in [4.78, 5) is 0. The van der Waals surface area contributed by atoms with Gasteiger partial charge in [-0.15, -0.1) is 0 Å². The second kappa shape index (κ2) is 7.53. The second-order valence-corrected chi connectivity index (χ2v) is 4.25. The maximum Gasteiger partial charge on any atom is 0.166 e. The van der Waals surface area contributed by atoms with Crippen molar-refractivity contribution in [2.24, 2.45) is 0 Å². The van der Waals surface area contributed by atoms with Gasteiger partial charge in [0.05, 0.1) is 20.3 Å². The summed E-state index contributed by atoms with van der Waals surface area (Å²) < 4.78 is 11.9. The first kappa shape index (κ1) is 14.3. The molecule has 0 amide bonds. The lowest BCUT2D eigenvalue weighted by atomic mass is 10.2. The van der Waals surface area contributed by atoms with Crippen molar-refractivity contribution in [3.63, 3.8) is 0 Å². The van der Waals surface area contributed by atoms with Gasteiger partial charge >= 0.3 is 0 Å². The topological polar surface area (TPSA) is 50.7 Å². The largest absolute Gasteiger partial charge is 0.493 e. The normalized spacial score (nSPS) is 10.4. The van der Waals surface area contributed by atoms with Crippen molar-refractivity contribution in [3.8, 4) is 11.5 Å². The van der Waals surface area contributed by atoms with Gasteiger partial charge in [-0.1, -0.05) is 15.9 Å². The van der Waals surface area contributed by atoms with Crippen molar-refractivity contribution >= 4 is 15.9 Å². The Morgan fingerprint density at radius 3 is 2.76 bits per heavy atom. The van der Waals surface area contributed by atoms with E-state index in [1.165, 1.54) is 0 Å². The van der Waals surface area contributed by atoms with Crippen molar-refractivity contribution in [2.45, 2.75) is 13.5 Å². The number of methoxy groups -OCH3 is 1. The molecule has 0 fully saturated rings. The SMILES string of the molecule is CCOc1c(OC)ccc(Br)c1CNCCO. The molecule has 0 unspecified atom stereocenters. The van der Waals surface area contributed by atoms with Crippen LogP contribution in [-0.2, 0) is 6.54 Å². The van der Waals surface area contributed by atoms with Crippen molar-refractivity contribution in [3.05, 3.63) is 22.2 Å². The van der Waals surface area contributed by atoms with Gasteiger partial charge in [0.2, 0.25) is 0 Å². The van der Waals surface area contributed by atoms with Crippen LogP contribution in [0.4, 0.5) is 0 Å². The Bertz CT molecular complexity index is 358. The molecule has 96 valence electrons. The van der Waals surface area contributed by atoms with E-state index in [9.17, 15) is 0 Å². The lowest BCUT2D eigenvalue weighted by molar-refractivity contribution is 0.288. The fraction of sp³-hybridized carbons (Fsp3) is 0.500. The van der Waals surface area contributed by atoms with Gasteiger partial charge in [0.15, 0.2) is 11.5 Å². The van der Waals surface area contributed by atoms with Crippen LogP contribution in [0.2, 0.25) is 0 Å². The third-order valence-electron chi connectivity index (χ3n) is 2.27. The number of hydrogen-bond donors (Lipinski definition) is 2. The zero-order chi connectivity index (χ0) is 12.7. The molecule has 5 heteroatoms. The molecule has 1 rings (SSSR count). The van der Waals surface area contributed by atoms with E-state index in [2.05, 4.69) is 21.2 Å². The number of ether oxygens (including phenoxy) is 2. The van der Waals surface area contributed by atoms with Crippen LogP contribution in [-0.4, -0.2) is 32.0 Å². The van der Waals surface area contributed by atoms with Crippen LogP contribution >= 0.6 is 15.9 Å². The Hall–Kier alpha value is -0.780. The molecular weight excluding hydrogens is 286 g/mol. The summed E-state index contributed by atoms with van der Waals surface area (Å²) in [5, 5.41) is 11.9. The van der Waals surface area contributed by atoms with Crippen LogP contribution in [0.25, 0.3) is 0 Å². The van der Waals surface area contributed by atoms with Crippen LogP contribution in [0.15, 0.2) is 16.6 Å². The van der Waals surface area contributed by atoms with E-state index in [1.807, 2.05) is 19.1 Å². The summed E-state index contributed by atoms with van der Waals surface area (Å²) >= 11 is 3.49. The molecule has 0 aliphatic heterocycles. The van der Waals surface area contributed by atoms with E-state index in [-0.39, 0.29) is 6.61 Å². The highest BCUT2D eigenvalue weighted by molar-refractivity contribution is 9.10. The second-order valence-electron chi connectivity index (χ2n) is 3.39. The summed E-state index contributed by atoms with van der Waals surface area (Å²) in [6.45, 7) is 3.81. The molecule has 0 spiro atoms. The maximum atomic E-state index is 8.76. The monoisotopic (exact) mass is 303 g/mol. The first-order chi connectivity index (χ1) is 8.24. The van der Waals surface area contributed by atoms with Crippen molar-refractivity contribution in [2.75, 3.05) is 26.9 Å². The summed E-state index contributed by atoms with van der Waals surface area (Å²) in [5.41, 5.74) is 1.000. The standard InChI is InChI=1S/C12H18BrNO3/c1-3-17-12-9(8-14-6-7-15)10(13)4-5-11(12)16-2/h4-5,14-15H,3,6-8H2,1-2H3. The first-order valence-electron chi connectivity index (χ1n) is 5.54. The van der Waals surface area contributed by atoms with Gasteiger partial charge < -0.3 is 19.9 Å². The van der Waals surface area contributed by atoms with Gasteiger partial charge in [-0.25, -0.2) is 0 Å². The fourth-order valence-corrected chi connectivity index (χ4v) is 1.96. The van der Waals surface area contributed by atoms with Crippen molar-refractivity contribution in [1.82, 2.24) is 5.32 Å². The van der Waals surface area contributed by atoms with Crippen molar-refractivity contribution < 1.29 is 14.6 Å². The summed E-state index contributed by atoms with van der Waals surface area (Å²) in [7, 11) is 1.62. The minimum Gasteiger partial charge on any atom is -0.493 e. The van der Waals surface area contributed by atoms with Gasteiger partial charge in [-0.2, -0.15) is 0 Å². The van der Waals surface area contributed by atoms with Gasteiger partial charge in [0.1, 0.15) is 0 Å². The van der Waals surface area contributed by atoms with Gasteiger partial charge in [0.25, 0.3) is 0 Å². The maximum absolute atomic E-state index is 8.76. The first-order valence-corrected chi connectivity index (χ1v) is 6.33. The predicted molar refractivity (Wildman–Crippen MR) is 70.7 cm³/mol. The van der Waals surface area contributed by atoms with E-state index < -0.39 is 0 Å². The van der Waals surface area contributed by atoms with Gasteiger partial charge in [-0.3, -0.25) is 0 Å². The molecular formula is C12H18BrNO3. The Labute approximate surface area is 110 Å². The zero-order valence-corrected chi connectivity index (χ0v) is 11.7.